The number of aliphatic hydroxyl groups excluding tert-OH is 1. The van der Waals surface area contributed by atoms with Crippen LogP contribution in [0.2, 0.25) is 0 Å². The van der Waals surface area contributed by atoms with E-state index in [1.165, 1.54) is 0 Å². The Labute approximate surface area is 70.2 Å². The highest BCUT2D eigenvalue weighted by Gasteiger charge is 2.01. The lowest BCUT2D eigenvalue weighted by Crippen LogP contribution is -2.15. The lowest BCUT2D eigenvalue weighted by molar-refractivity contribution is 0.147. The third-order valence-electron chi connectivity index (χ3n) is 1.76. The van der Waals surface area contributed by atoms with Gasteiger partial charge in [0.05, 0.1) is 6.10 Å². The summed E-state index contributed by atoms with van der Waals surface area (Å²) in [4.78, 5) is 2.15. The van der Waals surface area contributed by atoms with Gasteiger partial charge in [0.25, 0.3) is 0 Å². The van der Waals surface area contributed by atoms with Gasteiger partial charge in [0.1, 0.15) is 0 Å². The smallest absolute Gasteiger partial charge is 0.0540 e. The van der Waals surface area contributed by atoms with Crippen molar-refractivity contribution in [3.63, 3.8) is 0 Å². The summed E-state index contributed by atoms with van der Waals surface area (Å²) in [5.41, 5.74) is 0. The summed E-state index contributed by atoms with van der Waals surface area (Å²) in [6.45, 7) is 3.19. The van der Waals surface area contributed by atoms with E-state index in [0.717, 1.165) is 32.2 Å². The van der Waals surface area contributed by atoms with Gasteiger partial charge >= 0.3 is 0 Å². The van der Waals surface area contributed by atoms with E-state index in [0.29, 0.717) is 0 Å². The minimum atomic E-state index is -0.0695. The predicted molar refractivity (Wildman–Crippen MR) is 48.7 cm³/mol. The highest BCUT2D eigenvalue weighted by atomic mass is 16.3. The maximum atomic E-state index is 9.34. The number of rotatable bonds is 6. The van der Waals surface area contributed by atoms with Gasteiger partial charge in [-0.3, -0.25) is 0 Å². The van der Waals surface area contributed by atoms with E-state index in [1.54, 1.807) is 0 Å². The highest BCUT2D eigenvalue weighted by molar-refractivity contribution is 4.55. The van der Waals surface area contributed by atoms with Crippen LogP contribution in [0.15, 0.2) is 0 Å². The summed E-state index contributed by atoms with van der Waals surface area (Å²) in [7, 11) is 4.12. The molecular weight excluding hydrogens is 138 g/mol. The van der Waals surface area contributed by atoms with Gasteiger partial charge in [0.15, 0.2) is 0 Å². The first kappa shape index (κ1) is 10.9. The quantitative estimate of drug-likeness (QED) is 0.634. The Morgan fingerprint density at radius 3 is 2.36 bits per heavy atom. The van der Waals surface area contributed by atoms with Crippen molar-refractivity contribution < 1.29 is 5.11 Å². The molecule has 0 heterocycles. The van der Waals surface area contributed by atoms with Gasteiger partial charge in [-0.05, 0) is 39.9 Å². The Balaban J connectivity index is 3.10. The van der Waals surface area contributed by atoms with Crippen molar-refractivity contribution in [1.82, 2.24) is 4.90 Å². The molecule has 0 saturated heterocycles. The Morgan fingerprint density at radius 2 is 1.91 bits per heavy atom. The molecule has 11 heavy (non-hydrogen) atoms. The number of nitrogens with zero attached hydrogens (tertiary/aromatic N) is 1. The van der Waals surface area contributed by atoms with Gasteiger partial charge in [-0.1, -0.05) is 13.3 Å². The van der Waals surface area contributed by atoms with E-state index < -0.39 is 0 Å². The number of hydrogen-bond acceptors (Lipinski definition) is 2. The summed E-state index contributed by atoms with van der Waals surface area (Å²) < 4.78 is 0. The second kappa shape index (κ2) is 6.62. The topological polar surface area (TPSA) is 23.5 Å². The predicted octanol–water partition coefficient (Wildman–Crippen LogP) is 1.49. The van der Waals surface area contributed by atoms with Gasteiger partial charge in [-0.25, -0.2) is 0 Å². The Kier molecular flexibility index (Phi) is 6.57. The first-order chi connectivity index (χ1) is 5.16. The summed E-state index contributed by atoms with van der Waals surface area (Å²) in [5, 5.41) is 9.34. The Bertz CT molecular complexity index is 83.6. The van der Waals surface area contributed by atoms with Gasteiger partial charge < -0.3 is 10.0 Å². The third kappa shape index (κ3) is 7.82. The molecule has 0 aliphatic carbocycles. The SMILES string of the molecule is CCCC(O)CCCN(C)C. The third-order valence-corrected chi connectivity index (χ3v) is 1.76. The molecule has 0 fully saturated rings. The van der Waals surface area contributed by atoms with E-state index in [2.05, 4.69) is 25.9 Å². The molecule has 2 nitrogen and oxygen atoms in total. The van der Waals surface area contributed by atoms with Crippen molar-refractivity contribution in [2.24, 2.45) is 0 Å². The van der Waals surface area contributed by atoms with Gasteiger partial charge in [-0.2, -0.15) is 0 Å². The van der Waals surface area contributed by atoms with Crippen LogP contribution in [0.5, 0.6) is 0 Å². The van der Waals surface area contributed by atoms with Crippen LogP contribution in [0.3, 0.4) is 0 Å². The largest absolute Gasteiger partial charge is 0.393 e. The molecule has 0 aromatic carbocycles. The normalized spacial score (nSPS) is 13.9. The molecule has 1 unspecified atom stereocenters. The van der Waals surface area contributed by atoms with Crippen molar-refractivity contribution in [2.45, 2.75) is 38.7 Å². The van der Waals surface area contributed by atoms with E-state index in [-0.39, 0.29) is 6.10 Å². The lowest BCUT2D eigenvalue weighted by Gasteiger charge is -2.11. The van der Waals surface area contributed by atoms with Crippen molar-refractivity contribution >= 4 is 0 Å². The summed E-state index contributed by atoms with van der Waals surface area (Å²) in [6.07, 6.45) is 4.02. The number of aliphatic hydroxyl groups is 1. The zero-order valence-corrected chi connectivity index (χ0v) is 8.01. The van der Waals surface area contributed by atoms with E-state index in [9.17, 15) is 5.11 Å². The molecule has 0 rings (SSSR count). The number of hydrogen-bond donors (Lipinski definition) is 1. The van der Waals surface area contributed by atoms with Crippen LogP contribution in [-0.2, 0) is 0 Å². The zero-order valence-electron chi connectivity index (χ0n) is 8.01. The molecule has 68 valence electrons. The lowest BCUT2D eigenvalue weighted by atomic mass is 10.1. The van der Waals surface area contributed by atoms with Crippen molar-refractivity contribution in [2.75, 3.05) is 20.6 Å². The molecule has 0 saturated carbocycles. The minimum absolute atomic E-state index is 0.0695. The van der Waals surface area contributed by atoms with Crippen LogP contribution < -0.4 is 0 Å². The second-order valence-corrected chi connectivity index (χ2v) is 3.39. The monoisotopic (exact) mass is 159 g/mol. The van der Waals surface area contributed by atoms with E-state index in [4.69, 9.17) is 0 Å². The maximum absolute atomic E-state index is 9.34. The molecule has 0 spiro atoms. The Hall–Kier alpha value is -0.0800. The standard InChI is InChI=1S/C9H21NO/c1-4-6-9(11)7-5-8-10(2)3/h9,11H,4-8H2,1-3H3. The molecule has 1 atom stereocenters. The van der Waals surface area contributed by atoms with Crippen molar-refractivity contribution in [3.05, 3.63) is 0 Å². The molecule has 0 aromatic rings. The molecule has 2 heteroatoms. The molecule has 0 aliphatic rings. The molecule has 1 N–H and O–H groups in total. The average Bonchev–Trinajstić information content (AvgIpc) is 1.87. The molecule has 0 bridgehead atoms. The average molecular weight is 159 g/mol. The van der Waals surface area contributed by atoms with Crippen LogP contribution in [0.25, 0.3) is 0 Å². The first-order valence-electron chi connectivity index (χ1n) is 4.49. The van der Waals surface area contributed by atoms with E-state index >= 15 is 0 Å². The van der Waals surface area contributed by atoms with Gasteiger partial charge in [-0.15, -0.1) is 0 Å². The molecule has 0 amide bonds. The van der Waals surface area contributed by atoms with Crippen LogP contribution in [0, 0.1) is 0 Å². The van der Waals surface area contributed by atoms with Gasteiger partial charge in [0, 0.05) is 0 Å². The molecular formula is C9H21NO. The van der Waals surface area contributed by atoms with Crippen molar-refractivity contribution in [3.8, 4) is 0 Å². The minimum Gasteiger partial charge on any atom is -0.393 e. The first-order valence-corrected chi connectivity index (χ1v) is 4.49. The highest BCUT2D eigenvalue weighted by Crippen LogP contribution is 2.03. The zero-order chi connectivity index (χ0) is 8.69. The summed E-state index contributed by atoms with van der Waals surface area (Å²) in [6, 6.07) is 0. The summed E-state index contributed by atoms with van der Waals surface area (Å²) >= 11 is 0. The van der Waals surface area contributed by atoms with Crippen molar-refractivity contribution in [1.29, 1.82) is 0 Å². The maximum Gasteiger partial charge on any atom is 0.0540 e. The van der Waals surface area contributed by atoms with E-state index in [1.807, 2.05) is 0 Å². The van der Waals surface area contributed by atoms with Crippen LogP contribution in [0.1, 0.15) is 32.6 Å². The van der Waals surface area contributed by atoms with Crippen LogP contribution >= 0.6 is 0 Å². The van der Waals surface area contributed by atoms with Gasteiger partial charge in [0.2, 0.25) is 0 Å². The molecule has 0 aliphatic heterocycles. The Morgan fingerprint density at radius 1 is 1.27 bits per heavy atom. The fourth-order valence-corrected chi connectivity index (χ4v) is 1.12. The van der Waals surface area contributed by atoms with Crippen LogP contribution in [-0.4, -0.2) is 36.8 Å². The van der Waals surface area contributed by atoms with Crippen LogP contribution in [0.4, 0.5) is 0 Å². The molecule has 0 aromatic heterocycles. The fraction of sp³-hybridized carbons (Fsp3) is 1.00. The summed E-state index contributed by atoms with van der Waals surface area (Å²) in [5.74, 6) is 0. The second-order valence-electron chi connectivity index (χ2n) is 3.39. The molecule has 0 radical (unpaired) electrons. The fourth-order valence-electron chi connectivity index (χ4n) is 1.12.